The maximum absolute atomic E-state index is 11.0. The fraction of sp³-hybridized carbons (Fsp3) is 0.455. The first-order valence-electron chi connectivity index (χ1n) is 10.6. The van der Waals surface area contributed by atoms with Gasteiger partial charge >= 0.3 is 0 Å². The Labute approximate surface area is 189 Å². The molecule has 4 saturated carbocycles. The van der Waals surface area contributed by atoms with Gasteiger partial charge in [0, 0.05) is 39.6 Å². The Kier molecular flexibility index (Phi) is 5.44. The lowest BCUT2D eigenvalue weighted by molar-refractivity contribution is -0.385. The third-order valence-corrected chi connectivity index (χ3v) is 9.38. The van der Waals surface area contributed by atoms with Crippen LogP contribution in [-0.4, -0.2) is 19.1 Å². The highest BCUT2D eigenvalue weighted by Gasteiger charge is 2.54. The van der Waals surface area contributed by atoms with Gasteiger partial charge in [-0.2, -0.15) is 3.71 Å². The van der Waals surface area contributed by atoms with Crippen LogP contribution in [0.4, 0.5) is 11.4 Å². The molecule has 0 radical (unpaired) electrons. The molecular formula is C22H23N3O4S2. The van der Waals surface area contributed by atoms with Crippen molar-refractivity contribution in [2.75, 3.05) is 0 Å². The van der Waals surface area contributed by atoms with E-state index < -0.39 is 0 Å². The zero-order valence-corrected chi connectivity index (χ0v) is 18.5. The Morgan fingerprint density at radius 1 is 0.710 bits per heavy atom. The molecule has 4 fully saturated rings. The number of non-ortho nitro benzene ring substituents is 2. The number of nitro benzene ring substituents is 2. The molecule has 0 aromatic heterocycles. The third-order valence-electron chi connectivity index (χ3n) is 6.86. The van der Waals surface area contributed by atoms with Gasteiger partial charge in [-0.3, -0.25) is 20.2 Å². The minimum Gasteiger partial charge on any atom is -0.258 e. The van der Waals surface area contributed by atoms with Gasteiger partial charge in [0.25, 0.3) is 11.4 Å². The first-order chi connectivity index (χ1) is 14.9. The van der Waals surface area contributed by atoms with E-state index in [4.69, 9.17) is 0 Å². The van der Waals surface area contributed by atoms with E-state index in [2.05, 4.69) is 3.71 Å². The Hall–Kier alpha value is -2.10. The first-order valence-corrected chi connectivity index (χ1v) is 12.1. The molecule has 2 aromatic rings. The van der Waals surface area contributed by atoms with E-state index in [1.807, 2.05) is 24.3 Å². The maximum atomic E-state index is 11.0. The first kappa shape index (κ1) is 20.8. The van der Waals surface area contributed by atoms with Gasteiger partial charge < -0.3 is 0 Å². The Balaban J connectivity index is 1.43. The van der Waals surface area contributed by atoms with Crippen LogP contribution in [0.15, 0.2) is 58.3 Å². The molecule has 4 bridgehead atoms. The summed E-state index contributed by atoms with van der Waals surface area (Å²) in [5.74, 6) is 2.34. The number of nitrogens with zero attached hydrogens (tertiary/aromatic N) is 3. The molecular weight excluding hydrogens is 434 g/mol. The van der Waals surface area contributed by atoms with Crippen molar-refractivity contribution in [2.24, 2.45) is 17.8 Å². The highest BCUT2D eigenvalue weighted by atomic mass is 32.2. The predicted octanol–water partition coefficient (Wildman–Crippen LogP) is 6.49. The molecule has 31 heavy (non-hydrogen) atoms. The lowest BCUT2D eigenvalue weighted by Crippen LogP contribution is -2.56. The molecule has 0 saturated heterocycles. The average Bonchev–Trinajstić information content (AvgIpc) is 2.73. The van der Waals surface area contributed by atoms with Crippen LogP contribution in [0.1, 0.15) is 38.5 Å². The number of benzene rings is 2. The SMILES string of the molecule is O=[N+]([O-])c1ccc(SN(Sc2ccc([N+](=O)[O-])cc2)C23CC4CC(CC(C4)C2)C3)cc1. The van der Waals surface area contributed by atoms with Gasteiger partial charge in [0.2, 0.25) is 0 Å². The second kappa shape index (κ2) is 8.11. The number of rotatable bonds is 7. The summed E-state index contributed by atoms with van der Waals surface area (Å²) >= 11 is 3.29. The summed E-state index contributed by atoms with van der Waals surface area (Å²) in [6.07, 6.45) is 7.57. The molecule has 0 N–H and O–H groups in total. The lowest BCUT2D eigenvalue weighted by Gasteiger charge is -2.59. The average molecular weight is 458 g/mol. The second-order valence-corrected chi connectivity index (χ2v) is 11.4. The summed E-state index contributed by atoms with van der Waals surface area (Å²) in [5, 5.41) is 22.0. The highest BCUT2D eigenvalue weighted by Crippen LogP contribution is 2.61. The third kappa shape index (κ3) is 4.18. The van der Waals surface area contributed by atoms with Crippen LogP contribution in [0.25, 0.3) is 0 Å². The molecule has 4 aliphatic rings. The fourth-order valence-corrected chi connectivity index (χ4v) is 8.35. The molecule has 0 unspecified atom stereocenters. The summed E-state index contributed by atoms with van der Waals surface area (Å²) in [4.78, 5) is 23.2. The van der Waals surface area contributed by atoms with Crippen LogP contribution >= 0.6 is 23.9 Å². The minimum absolute atomic E-state index is 0.0909. The molecule has 2 aromatic carbocycles. The van der Waals surface area contributed by atoms with Gasteiger partial charge in [-0.1, -0.05) is 0 Å². The van der Waals surface area contributed by atoms with Gasteiger partial charge in [0.15, 0.2) is 0 Å². The Morgan fingerprint density at radius 3 is 1.39 bits per heavy atom. The lowest BCUT2D eigenvalue weighted by atomic mass is 9.53. The Bertz CT molecular complexity index is 902. The van der Waals surface area contributed by atoms with Gasteiger partial charge in [-0.15, -0.1) is 0 Å². The van der Waals surface area contributed by atoms with E-state index in [1.54, 1.807) is 48.2 Å². The van der Waals surface area contributed by atoms with Gasteiger partial charge in [0.05, 0.1) is 9.85 Å². The van der Waals surface area contributed by atoms with E-state index in [-0.39, 0.29) is 26.8 Å². The summed E-state index contributed by atoms with van der Waals surface area (Å²) < 4.78 is 2.40. The predicted molar refractivity (Wildman–Crippen MR) is 121 cm³/mol. The van der Waals surface area contributed by atoms with Crippen molar-refractivity contribution in [3.05, 3.63) is 68.8 Å². The molecule has 4 aliphatic carbocycles. The van der Waals surface area contributed by atoms with E-state index in [1.165, 1.54) is 38.5 Å². The molecule has 6 rings (SSSR count). The van der Waals surface area contributed by atoms with Crippen molar-refractivity contribution >= 4 is 35.3 Å². The largest absolute Gasteiger partial charge is 0.269 e. The molecule has 162 valence electrons. The molecule has 9 heteroatoms. The van der Waals surface area contributed by atoms with E-state index in [0.29, 0.717) is 0 Å². The standard InChI is InChI=1S/C22H23N3O4S2/c26-23(27)18-1-5-20(6-2-18)30-25(31-21-7-3-19(4-8-21)24(28)29)22-12-15-9-16(13-22)11-17(10-15)14-22/h1-8,15-17H,9-14H2. The molecule has 0 spiro atoms. The maximum Gasteiger partial charge on any atom is 0.269 e. The summed E-state index contributed by atoms with van der Waals surface area (Å²) in [6.45, 7) is 0. The van der Waals surface area contributed by atoms with Crippen LogP contribution in [0.2, 0.25) is 0 Å². The molecule has 7 nitrogen and oxygen atoms in total. The summed E-state index contributed by atoms with van der Waals surface area (Å²) in [7, 11) is 0. The summed E-state index contributed by atoms with van der Waals surface area (Å²) in [5.41, 5.74) is 0.274. The van der Waals surface area contributed by atoms with Crippen LogP contribution in [-0.2, 0) is 0 Å². The Morgan fingerprint density at radius 2 is 1.06 bits per heavy atom. The number of hydrogen-bond donors (Lipinski definition) is 0. The second-order valence-electron chi connectivity index (χ2n) is 9.08. The van der Waals surface area contributed by atoms with E-state index in [9.17, 15) is 20.2 Å². The summed E-state index contributed by atoms with van der Waals surface area (Å²) in [6, 6.07) is 13.5. The number of nitro groups is 2. The van der Waals surface area contributed by atoms with Gasteiger partial charge in [0.1, 0.15) is 0 Å². The quantitative estimate of drug-likeness (QED) is 0.267. The minimum atomic E-state index is -0.378. The highest BCUT2D eigenvalue weighted by molar-refractivity contribution is 8.12. The topological polar surface area (TPSA) is 89.5 Å². The monoisotopic (exact) mass is 457 g/mol. The van der Waals surface area contributed by atoms with Gasteiger partial charge in [-0.25, -0.2) is 0 Å². The van der Waals surface area contributed by atoms with Crippen molar-refractivity contribution in [3.8, 4) is 0 Å². The molecule has 0 atom stereocenters. The number of hydrogen-bond acceptors (Lipinski definition) is 7. The fourth-order valence-electron chi connectivity index (χ4n) is 5.95. The van der Waals surface area contributed by atoms with Crippen molar-refractivity contribution in [1.82, 2.24) is 3.71 Å². The van der Waals surface area contributed by atoms with Crippen molar-refractivity contribution < 1.29 is 9.85 Å². The van der Waals surface area contributed by atoms with Crippen LogP contribution in [0, 0.1) is 38.0 Å². The van der Waals surface area contributed by atoms with Crippen molar-refractivity contribution in [1.29, 1.82) is 0 Å². The zero-order chi connectivity index (χ0) is 21.6. The zero-order valence-electron chi connectivity index (χ0n) is 16.9. The van der Waals surface area contributed by atoms with Gasteiger partial charge in [-0.05, 0) is 104 Å². The molecule has 0 amide bonds. The van der Waals surface area contributed by atoms with E-state index >= 15 is 0 Å². The van der Waals surface area contributed by atoms with Crippen LogP contribution in [0.5, 0.6) is 0 Å². The van der Waals surface area contributed by atoms with Crippen LogP contribution in [0.3, 0.4) is 0 Å². The molecule has 0 aliphatic heterocycles. The molecule has 0 heterocycles. The van der Waals surface area contributed by atoms with Crippen molar-refractivity contribution in [3.63, 3.8) is 0 Å². The smallest absolute Gasteiger partial charge is 0.258 e. The normalized spacial score (nSPS) is 28.7. The van der Waals surface area contributed by atoms with E-state index in [0.717, 1.165) is 27.5 Å². The van der Waals surface area contributed by atoms with Crippen LogP contribution < -0.4 is 0 Å². The van der Waals surface area contributed by atoms with Crippen molar-refractivity contribution in [2.45, 2.75) is 53.9 Å².